The van der Waals surface area contributed by atoms with Gasteiger partial charge >= 0.3 is 5.97 Å². The number of ether oxygens (including phenoxy) is 2. The van der Waals surface area contributed by atoms with Crippen LogP contribution < -0.4 is 4.74 Å². The molecule has 0 saturated heterocycles. The number of aryl methyl sites for hydroxylation is 1. The molecule has 2 aromatic carbocycles. The maximum absolute atomic E-state index is 12.3. The molecule has 1 amide bonds. The summed E-state index contributed by atoms with van der Waals surface area (Å²) in [5.41, 5.74) is 2.57. The second-order valence-electron chi connectivity index (χ2n) is 6.42. The maximum Gasteiger partial charge on any atom is 0.349 e. The Morgan fingerprint density at radius 2 is 1.83 bits per heavy atom. The highest BCUT2D eigenvalue weighted by atomic mass is 16.5. The number of hydrogen-bond donors (Lipinski definition) is 0. The molecule has 29 heavy (non-hydrogen) atoms. The number of nitrogens with zero attached hydrogens (tertiary/aromatic N) is 2. The van der Waals surface area contributed by atoms with Crippen LogP contribution in [0.4, 0.5) is 0 Å². The van der Waals surface area contributed by atoms with Crippen molar-refractivity contribution in [2.75, 3.05) is 20.3 Å². The van der Waals surface area contributed by atoms with Crippen LogP contribution >= 0.6 is 0 Å². The molecule has 0 atom stereocenters. The first-order valence-electron chi connectivity index (χ1n) is 9.24. The summed E-state index contributed by atoms with van der Waals surface area (Å²) >= 11 is 0. The van der Waals surface area contributed by atoms with Crippen LogP contribution in [0, 0.1) is 18.3 Å². The molecule has 0 radical (unpaired) electrons. The Labute approximate surface area is 171 Å². The van der Waals surface area contributed by atoms with Crippen LogP contribution in [0.3, 0.4) is 0 Å². The van der Waals surface area contributed by atoms with Gasteiger partial charge in [0.05, 0.1) is 6.61 Å². The first-order chi connectivity index (χ1) is 13.9. The van der Waals surface area contributed by atoms with Crippen molar-refractivity contribution in [2.24, 2.45) is 0 Å². The standard InChI is InChI=1S/C23H24N2O4/c1-4-28-21-11-9-18(10-12-21)13-20(14-24)23(27)29-16-22(26)25(3)15-19-8-6-5-7-17(19)2/h5-13H,4,15-16H2,1-3H3/b20-13+. The molecule has 0 heterocycles. The normalized spacial score (nSPS) is 10.8. The smallest absolute Gasteiger partial charge is 0.349 e. The molecule has 0 unspecified atom stereocenters. The summed E-state index contributed by atoms with van der Waals surface area (Å²) in [6.45, 7) is 4.40. The lowest BCUT2D eigenvalue weighted by atomic mass is 10.1. The van der Waals surface area contributed by atoms with E-state index in [2.05, 4.69) is 0 Å². The van der Waals surface area contributed by atoms with Crippen LogP contribution in [0.15, 0.2) is 54.1 Å². The minimum absolute atomic E-state index is 0.177. The fourth-order valence-corrected chi connectivity index (χ4v) is 2.58. The molecule has 0 aliphatic heterocycles. The fourth-order valence-electron chi connectivity index (χ4n) is 2.58. The highest BCUT2D eigenvalue weighted by molar-refractivity contribution is 5.98. The van der Waals surface area contributed by atoms with Gasteiger partial charge in [-0.3, -0.25) is 4.79 Å². The summed E-state index contributed by atoms with van der Waals surface area (Å²) in [5.74, 6) is -0.480. The van der Waals surface area contributed by atoms with Gasteiger partial charge in [-0.15, -0.1) is 0 Å². The van der Waals surface area contributed by atoms with Crippen LogP contribution in [-0.2, 0) is 20.9 Å². The van der Waals surface area contributed by atoms with Gasteiger partial charge < -0.3 is 14.4 Å². The summed E-state index contributed by atoms with van der Waals surface area (Å²) in [4.78, 5) is 25.9. The van der Waals surface area contributed by atoms with Gasteiger partial charge in [0.2, 0.25) is 0 Å². The Hall–Kier alpha value is -3.59. The summed E-state index contributed by atoms with van der Waals surface area (Å²) in [6, 6.07) is 16.5. The zero-order valence-electron chi connectivity index (χ0n) is 16.8. The van der Waals surface area contributed by atoms with Gasteiger partial charge in [0.15, 0.2) is 6.61 Å². The van der Waals surface area contributed by atoms with E-state index in [1.165, 1.54) is 11.0 Å². The van der Waals surface area contributed by atoms with Gasteiger partial charge in [-0.05, 0) is 48.7 Å². The molecule has 0 bridgehead atoms. The third-order valence-corrected chi connectivity index (χ3v) is 4.26. The van der Waals surface area contributed by atoms with Crippen LogP contribution in [0.2, 0.25) is 0 Å². The molecule has 6 heteroatoms. The maximum atomic E-state index is 12.3. The number of benzene rings is 2. The minimum atomic E-state index is -0.834. The van der Waals surface area contributed by atoms with Crippen molar-refractivity contribution in [3.05, 3.63) is 70.8 Å². The third kappa shape index (κ3) is 6.51. The molecule has 0 spiro atoms. The monoisotopic (exact) mass is 392 g/mol. The Morgan fingerprint density at radius 1 is 1.14 bits per heavy atom. The topological polar surface area (TPSA) is 79.6 Å². The van der Waals surface area contributed by atoms with Gasteiger partial charge in [-0.25, -0.2) is 4.79 Å². The van der Waals surface area contributed by atoms with E-state index in [1.807, 2.05) is 44.2 Å². The summed E-state index contributed by atoms with van der Waals surface area (Å²) in [7, 11) is 1.64. The average molecular weight is 392 g/mol. The van der Waals surface area contributed by atoms with E-state index < -0.39 is 12.6 Å². The molecule has 0 aromatic heterocycles. The number of carbonyl (C=O) groups excluding carboxylic acids is 2. The molecule has 0 aliphatic carbocycles. The Bertz CT molecular complexity index is 927. The summed E-state index contributed by atoms with van der Waals surface area (Å²) < 4.78 is 10.4. The SMILES string of the molecule is CCOc1ccc(/C=C(\C#N)C(=O)OCC(=O)N(C)Cc2ccccc2C)cc1. The Morgan fingerprint density at radius 3 is 2.45 bits per heavy atom. The number of amides is 1. The number of hydrogen-bond acceptors (Lipinski definition) is 5. The van der Waals surface area contributed by atoms with Gasteiger partial charge in [0.25, 0.3) is 5.91 Å². The molecular formula is C23H24N2O4. The first kappa shape index (κ1) is 21.7. The molecule has 2 aromatic rings. The van der Waals surface area contributed by atoms with E-state index in [-0.39, 0.29) is 11.5 Å². The molecule has 0 N–H and O–H groups in total. The largest absolute Gasteiger partial charge is 0.494 e. The van der Waals surface area contributed by atoms with Crippen molar-refractivity contribution in [1.82, 2.24) is 4.90 Å². The number of esters is 1. The molecule has 0 saturated carbocycles. The second-order valence-corrected chi connectivity index (χ2v) is 6.42. The predicted molar refractivity (Wildman–Crippen MR) is 110 cm³/mol. The highest BCUT2D eigenvalue weighted by Gasteiger charge is 2.16. The van der Waals surface area contributed by atoms with E-state index in [9.17, 15) is 14.9 Å². The Kier molecular flexibility index (Phi) is 7.99. The molecule has 6 nitrogen and oxygen atoms in total. The minimum Gasteiger partial charge on any atom is -0.494 e. The first-order valence-corrected chi connectivity index (χ1v) is 9.24. The number of carbonyl (C=O) groups is 2. The number of likely N-dealkylation sites (N-methyl/N-ethyl adjacent to an activating group) is 1. The Balaban J connectivity index is 1.94. The van der Waals surface area contributed by atoms with Gasteiger partial charge in [0.1, 0.15) is 17.4 Å². The number of nitriles is 1. The van der Waals surface area contributed by atoms with E-state index >= 15 is 0 Å². The molecule has 150 valence electrons. The summed E-state index contributed by atoms with van der Waals surface area (Å²) in [5, 5.41) is 9.26. The average Bonchev–Trinajstić information content (AvgIpc) is 2.73. The fraction of sp³-hybridized carbons (Fsp3) is 0.261. The van der Waals surface area contributed by atoms with Crippen LogP contribution in [0.25, 0.3) is 6.08 Å². The quantitative estimate of drug-likeness (QED) is 0.390. The predicted octanol–water partition coefficient (Wildman–Crippen LogP) is 3.50. The van der Waals surface area contributed by atoms with E-state index in [0.717, 1.165) is 11.1 Å². The van der Waals surface area contributed by atoms with Crippen LogP contribution in [-0.4, -0.2) is 37.0 Å². The van der Waals surface area contributed by atoms with E-state index in [1.54, 1.807) is 31.3 Å². The lowest BCUT2D eigenvalue weighted by molar-refractivity contribution is -0.148. The zero-order chi connectivity index (χ0) is 21.2. The van der Waals surface area contributed by atoms with Crippen molar-refractivity contribution >= 4 is 18.0 Å². The molecule has 2 rings (SSSR count). The van der Waals surface area contributed by atoms with Crippen LogP contribution in [0.5, 0.6) is 5.75 Å². The van der Waals surface area contributed by atoms with Crippen molar-refractivity contribution < 1.29 is 19.1 Å². The summed E-state index contributed by atoms with van der Waals surface area (Å²) in [6.07, 6.45) is 1.42. The second kappa shape index (κ2) is 10.7. The van der Waals surface area contributed by atoms with Crippen molar-refractivity contribution in [2.45, 2.75) is 20.4 Å². The number of rotatable bonds is 8. The molecule has 0 fully saturated rings. The van der Waals surface area contributed by atoms with Crippen molar-refractivity contribution in [3.8, 4) is 11.8 Å². The molecule has 0 aliphatic rings. The lowest BCUT2D eigenvalue weighted by Crippen LogP contribution is -2.31. The van der Waals surface area contributed by atoms with Crippen LogP contribution in [0.1, 0.15) is 23.6 Å². The third-order valence-electron chi connectivity index (χ3n) is 4.26. The van der Waals surface area contributed by atoms with Gasteiger partial charge in [-0.1, -0.05) is 36.4 Å². The highest BCUT2D eigenvalue weighted by Crippen LogP contribution is 2.15. The lowest BCUT2D eigenvalue weighted by Gasteiger charge is -2.18. The van der Waals surface area contributed by atoms with Gasteiger partial charge in [0, 0.05) is 13.6 Å². The van der Waals surface area contributed by atoms with Gasteiger partial charge in [-0.2, -0.15) is 5.26 Å². The zero-order valence-corrected chi connectivity index (χ0v) is 16.8. The van der Waals surface area contributed by atoms with E-state index in [0.29, 0.717) is 24.5 Å². The molecular weight excluding hydrogens is 368 g/mol. The van der Waals surface area contributed by atoms with Crippen molar-refractivity contribution in [1.29, 1.82) is 5.26 Å². The van der Waals surface area contributed by atoms with Crippen molar-refractivity contribution in [3.63, 3.8) is 0 Å². The van der Waals surface area contributed by atoms with E-state index in [4.69, 9.17) is 9.47 Å².